The summed E-state index contributed by atoms with van der Waals surface area (Å²) in [5.74, 6) is 1.63. The fourth-order valence-corrected chi connectivity index (χ4v) is 5.04. The number of amides is 1. The van der Waals surface area contributed by atoms with E-state index < -0.39 is 0 Å². The number of carbonyl (C=O) groups is 1. The van der Waals surface area contributed by atoms with Gasteiger partial charge in [-0.15, -0.1) is 0 Å². The molecule has 1 amide bonds. The van der Waals surface area contributed by atoms with Gasteiger partial charge in [-0.05, 0) is 51.0 Å². The van der Waals surface area contributed by atoms with E-state index in [1.807, 2.05) is 0 Å². The van der Waals surface area contributed by atoms with E-state index in [2.05, 4.69) is 9.80 Å². The van der Waals surface area contributed by atoms with E-state index in [1.165, 1.54) is 58.0 Å². The van der Waals surface area contributed by atoms with Crippen LogP contribution in [0.3, 0.4) is 0 Å². The first-order chi connectivity index (χ1) is 8.84. The Morgan fingerprint density at radius 1 is 0.944 bits per heavy atom. The third-order valence-corrected chi connectivity index (χ3v) is 5.85. The quantitative estimate of drug-likeness (QED) is 0.653. The zero-order chi connectivity index (χ0) is 12.1. The first-order valence-corrected chi connectivity index (χ1v) is 7.89. The minimum atomic E-state index is 0.346. The molecule has 100 valence electrons. The van der Waals surface area contributed by atoms with Crippen LogP contribution in [0.5, 0.6) is 0 Å². The standard InChI is InChI=1S/C15H24N2O/c18-15-12-9-11(13-5-2-4-8-17(13)15)10-16-7-3-1-6-14(12)16/h11-14H,1-10H2/t11?,12-,13?,14?/m0/s1. The van der Waals surface area contributed by atoms with E-state index in [1.54, 1.807) is 0 Å². The predicted octanol–water partition coefficient (Wildman–Crippen LogP) is 1.87. The second-order valence-electron chi connectivity index (χ2n) is 6.76. The van der Waals surface area contributed by atoms with E-state index in [4.69, 9.17) is 0 Å². The minimum Gasteiger partial charge on any atom is -0.339 e. The third kappa shape index (κ3) is 1.56. The molecule has 18 heavy (non-hydrogen) atoms. The zero-order valence-corrected chi connectivity index (χ0v) is 11.2. The van der Waals surface area contributed by atoms with Crippen LogP contribution >= 0.6 is 0 Å². The molecule has 3 heteroatoms. The molecule has 0 saturated carbocycles. The number of nitrogens with zero attached hydrogens (tertiary/aromatic N) is 2. The zero-order valence-electron chi connectivity index (χ0n) is 11.2. The maximum absolute atomic E-state index is 12.7. The van der Waals surface area contributed by atoms with Crippen molar-refractivity contribution in [3.63, 3.8) is 0 Å². The van der Waals surface area contributed by atoms with Gasteiger partial charge in [0.05, 0.1) is 5.92 Å². The Kier molecular flexibility index (Phi) is 2.65. The van der Waals surface area contributed by atoms with Crippen molar-refractivity contribution in [1.29, 1.82) is 0 Å². The van der Waals surface area contributed by atoms with Crippen LogP contribution in [0.15, 0.2) is 0 Å². The Balaban J connectivity index is 1.63. The van der Waals surface area contributed by atoms with Crippen molar-refractivity contribution < 1.29 is 4.79 Å². The summed E-state index contributed by atoms with van der Waals surface area (Å²) in [6.07, 6.45) is 8.97. The topological polar surface area (TPSA) is 23.6 Å². The van der Waals surface area contributed by atoms with Gasteiger partial charge in [0, 0.05) is 25.2 Å². The van der Waals surface area contributed by atoms with Crippen LogP contribution in [-0.4, -0.2) is 47.4 Å². The highest BCUT2D eigenvalue weighted by Gasteiger charge is 2.50. The van der Waals surface area contributed by atoms with Gasteiger partial charge in [-0.1, -0.05) is 6.42 Å². The summed E-state index contributed by atoms with van der Waals surface area (Å²) in [6.45, 7) is 3.57. The molecule has 4 aliphatic rings. The Labute approximate surface area is 110 Å². The van der Waals surface area contributed by atoms with Gasteiger partial charge in [-0.25, -0.2) is 0 Å². The van der Waals surface area contributed by atoms with Crippen LogP contribution < -0.4 is 0 Å². The summed E-state index contributed by atoms with van der Waals surface area (Å²) in [5.41, 5.74) is 0. The summed E-state index contributed by atoms with van der Waals surface area (Å²) in [4.78, 5) is 17.7. The molecule has 3 unspecified atom stereocenters. The molecule has 4 heterocycles. The van der Waals surface area contributed by atoms with Crippen molar-refractivity contribution in [2.45, 2.75) is 57.0 Å². The van der Waals surface area contributed by atoms with Crippen LogP contribution in [0.2, 0.25) is 0 Å². The second kappa shape index (κ2) is 4.22. The van der Waals surface area contributed by atoms with Gasteiger partial charge in [-0.3, -0.25) is 9.69 Å². The summed E-state index contributed by atoms with van der Waals surface area (Å²) in [7, 11) is 0. The number of carbonyl (C=O) groups excluding carboxylic acids is 1. The van der Waals surface area contributed by atoms with E-state index in [-0.39, 0.29) is 0 Å². The molecule has 0 aromatic heterocycles. The molecule has 0 spiro atoms. The first kappa shape index (κ1) is 11.3. The van der Waals surface area contributed by atoms with Crippen molar-refractivity contribution in [3.05, 3.63) is 0 Å². The van der Waals surface area contributed by atoms with Crippen LogP contribution in [0.1, 0.15) is 44.9 Å². The molecule has 0 aromatic rings. The van der Waals surface area contributed by atoms with E-state index >= 15 is 0 Å². The largest absolute Gasteiger partial charge is 0.339 e. The molecule has 3 nitrogen and oxygen atoms in total. The molecule has 4 rings (SSSR count). The summed E-state index contributed by atoms with van der Waals surface area (Å²) < 4.78 is 0. The molecule has 0 aromatic carbocycles. The molecule has 0 aliphatic carbocycles. The van der Waals surface area contributed by atoms with Gasteiger partial charge in [0.1, 0.15) is 0 Å². The van der Waals surface area contributed by atoms with Crippen molar-refractivity contribution in [3.8, 4) is 0 Å². The van der Waals surface area contributed by atoms with E-state index in [0.29, 0.717) is 23.9 Å². The van der Waals surface area contributed by atoms with Gasteiger partial charge >= 0.3 is 0 Å². The minimum absolute atomic E-state index is 0.346. The van der Waals surface area contributed by atoms with Gasteiger partial charge in [0.15, 0.2) is 0 Å². The Bertz CT molecular complexity index is 354. The van der Waals surface area contributed by atoms with Crippen molar-refractivity contribution in [1.82, 2.24) is 9.80 Å². The average Bonchev–Trinajstić information content (AvgIpc) is 2.44. The lowest BCUT2D eigenvalue weighted by Crippen LogP contribution is -2.65. The lowest BCUT2D eigenvalue weighted by atomic mass is 9.70. The maximum atomic E-state index is 12.7. The van der Waals surface area contributed by atoms with Gasteiger partial charge in [-0.2, -0.15) is 0 Å². The number of rotatable bonds is 0. The Morgan fingerprint density at radius 3 is 2.61 bits per heavy atom. The predicted molar refractivity (Wildman–Crippen MR) is 70.2 cm³/mol. The average molecular weight is 248 g/mol. The fourth-order valence-electron chi connectivity index (χ4n) is 5.04. The molecule has 0 N–H and O–H groups in total. The second-order valence-corrected chi connectivity index (χ2v) is 6.76. The lowest BCUT2D eigenvalue weighted by Gasteiger charge is -2.56. The summed E-state index contributed by atoms with van der Waals surface area (Å²) >= 11 is 0. The molecule has 4 fully saturated rings. The molecule has 0 radical (unpaired) electrons. The monoisotopic (exact) mass is 248 g/mol. The van der Waals surface area contributed by atoms with E-state index in [0.717, 1.165) is 12.5 Å². The number of fused-ring (bicyclic) bond motifs is 6. The maximum Gasteiger partial charge on any atom is 0.227 e. The molecule has 4 atom stereocenters. The molecule has 4 aliphatic heterocycles. The van der Waals surface area contributed by atoms with Crippen LogP contribution in [0, 0.1) is 11.8 Å². The lowest BCUT2D eigenvalue weighted by molar-refractivity contribution is -0.158. The smallest absolute Gasteiger partial charge is 0.227 e. The van der Waals surface area contributed by atoms with Crippen molar-refractivity contribution in [2.75, 3.05) is 19.6 Å². The van der Waals surface area contributed by atoms with Crippen molar-refractivity contribution >= 4 is 5.91 Å². The Hall–Kier alpha value is -0.570. The van der Waals surface area contributed by atoms with Crippen LogP contribution in [0.25, 0.3) is 0 Å². The number of hydrogen-bond donors (Lipinski definition) is 0. The summed E-state index contributed by atoms with van der Waals surface area (Å²) in [6, 6.07) is 1.18. The third-order valence-electron chi connectivity index (χ3n) is 5.85. The molecular formula is C15H24N2O. The highest BCUT2D eigenvalue weighted by atomic mass is 16.2. The van der Waals surface area contributed by atoms with Gasteiger partial charge in [0.2, 0.25) is 5.91 Å². The fraction of sp³-hybridized carbons (Fsp3) is 0.933. The van der Waals surface area contributed by atoms with Gasteiger partial charge in [0.25, 0.3) is 0 Å². The SMILES string of the molecule is O=C1[C@H]2CC(CN3CCCCC23)C2CCCCN12. The van der Waals surface area contributed by atoms with Crippen LogP contribution in [-0.2, 0) is 4.79 Å². The van der Waals surface area contributed by atoms with Crippen LogP contribution in [0.4, 0.5) is 0 Å². The van der Waals surface area contributed by atoms with Gasteiger partial charge < -0.3 is 4.90 Å². The highest BCUT2D eigenvalue weighted by Crippen LogP contribution is 2.43. The molecular weight excluding hydrogens is 224 g/mol. The van der Waals surface area contributed by atoms with Crippen molar-refractivity contribution in [2.24, 2.45) is 11.8 Å². The number of hydrogen-bond acceptors (Lipinski definition) is 2. The number of piperidine rings is 4. The Morgan fingerprint density at radius 2 is 1.72 bits per heavy atom. The highest BCUT2D eigenvalue weighted by molar-refractivity contribution is 5.81. The van der Waals surface area contributed by atoms with E-state index in [9.17, 15) is 4.79 Å². The normalized spacial score (nSPS) is 44.4. The summed E-state index contributed by atoms with van der Waals surface area (Å²) in [5, 5.41) is 0. The molecule has 4 saturated heterocycles. The molecule has 2 bridgehead atoms. The first-order valence-electron chi connectivity index (χ1n) is 7.89.